The fourth-order valence-corrected chi connectivity index (χ4v) is 5.55. The molecule has 3 aromatic rings. The van der Waals surface area contributed by atoms with E-state index in [2.05, 4.69) is 16.0 Å². The lowest BCUT2D eigenvalue weighted by Gasteiger charge is -2.15. The van der Waals surface area contributed by atoms with Gasteiger partial charge >= 0.3 is 6.18 Å². The van der Waals surface area contributed by atoms with Gasteiger partial charge in [-0.15, -0.1) is 23.2 Å². The van der Waals surface area contributed by atoms with Crippen molar-refractivity contribution in [3.63, 3.8) is 0 Å². The van der Waals surface area contributed by atoms with Crippen molar-refractivity contribution in [3.8, 4) is 0 Å². The molecule has 0 spiro atoms. The topological polar surface area (TPSA) is 96.5 Å². The zero-order chi connectivity index (χ0) is 33.4. The Kier molecular flexibility index (Phi) is 9.98. The minimum Gasteiger partial charge on any atom is -0.369 e. The van der Waals surface area contributed by atoms with Crippen LogP contribution in [0.25, 0.3) is 0 Å². The summed E-state index contributed by atoms with van der Waals surface area (Å²) in [7, 11) is 0. The Labute approximate surface area is 267 Å². The maximum Gasteiger partial charge on any atom is 0.419 e. The summed E-state index contributed by atoms with van der Waals surface area (Å²) in [4.78, 5) is 38.3. The molecule has 0 saturated heterocycles. The van der Waals surface area contributed by atoms with Gasteiger partial charge in [-0.25, -0.2) is 13.2 Å². The molecule has 2 unspecified atom stereocenters. The predicted molar refractivity (Wildman–Crippen MR) is 156 cm³/mol. The fraction of sp³-hybridized carbons (Fsp3) is 0.276. The van der Waals surface area contributed by atoms with Crippen LogP contribution in [0.3, 0.4) is 0 Å². The SMILES string of the molecule is CCOC(C)C(=O)Nc1c(F)ccc(NC(=O)c2cc(NC(=O)C3[C@H](c4ccc(F)c(C(F)(F)F)c4)C3(Cl)Cl)ccc2Cl)c1F. The third-order valence-electron chi connectivity index (χ3n) is 6.84. The molecule has 1 aliphatic rings. The average Bonchev–Trinajstić information content (AvgIpc) is 3.54. The van der Waals surface area contributed by atoms with Gasteiger partial charge in [0.1, 0.15) is 27.8 Å². The van der Waals surface area contributed by atoms with Crippen molar-refractivity contribution < 1.29 is 45.5 Å². The number of halogens is 9. The smallest absolute Gasteiger partial charge is 0.369 e. The van der Waals surface area contributed by atoms with Gasteiger partial charge in [0.05, 0.1) is 27.8 Å². The van der Waals surface area contributed by atoms with Crippen LogP contribution < -0.4 is 16.0 Å². The molecule has 0 aliphatic heterocycles. The first kappa shape index (κ1) is 34.4. The van der Waals surface area contributed by atoms with Gasteiger partial charge < -0.3 is 20.7 Å². The van der Waals surface area contributed by atoms with Crippen molar-refractivity contribution in [2.45, 2.75) is 36.4 Å². The van der Waals surface area contributed by atoms with E-state index in [9.17, 15) is 36.3 Å². The van der Waals surface area contributed by atoms with E-state index in [1.807, 2.05) is 0 Å². The van der Waals surface area contributed by atoms with E-state index < -0.39 is 80.6 Å². The lowest BCUT2D eigenvalue weighted by atomic mass is 10.0. The molecule has 16 heteroatoms. The van der Waals surface area contributed by atoms with Crippen LogP contribution in [-0.2, 0) is 20.5 Å². The van der Waals surface area contributed by atoms with Crippen LogP contribution in [0, 0.1) is 23.4 Å². The molecule has 1 fully saturated rings. The predicted octanol–water partition coefficient (Wildman–Crippen LogP) is 7.92. The van der Waals surface area contributed by atoms with Gasteiger partial charge in [0.25, 0.3) is 11.8 Å². The highest BCUT2D eigenvalue weighted by atomic mass is 35.5. The molecule has 7 nitrogen and oxygen atoms in total. The Balaban J connectivity index is 1.51. The number of benzene rings is 3. The molecular formula is C29H22Cl3F6N3O4. The molecule has 45 heavy (non-hydrogen) atoms. The molecule has 0 aromatic heterocycles. The molecule has 240 valence electrons. The number of carbonyl (C=O) groups is 3. The summed E-state index contributed by atoms with van der Waals surface area (Å²) in [5.41, 5.74) is -3.29. The van der Waals surface area contributed by atoms with E-state index >= 15 is 4.39 Å². The molecule has 3 atom stereocenters. The van der Waals surface area contributed by atoms with Crippen molar-refractivity contribution in [2.24, 2.45) is 5.92 Å². The van der Waals surface area contributed by atoms with Crippen LogP contribution in [0.1, 0.15) is 41.3 Å². The number of hydrogen-bond acceptors (Lipinski definition) is 4. The van der Waals surface area contributed by atoms with Gasteiger partial charge in [0.2, 0.25) is 5.91 Å². The van der Waals surface area contributed by atoms with Crippen molar-refractivity contribution in [1.29, 1.82) is 0 Å². The van der Waals surface area contributed by atoms with Gasteiger partial charge in [0.15, 0.2) is 5.82 Å². The van der Waals surface area contributed by atoms with E-state index in [4.69, 9.17) is 39.5 Å². The van der Waals surface area contributed by atoms with Gasteiger partial charge in [0, 0.05) is 18.2 Å². The lowest BCUT2D eigenvalue weighted by Crippen LogP contribution is -2.28. The maximum atomic E-state index is 15.1. The Morgan fingerprint density at radius 1 is 0.956 bits per heavy atom. The fourth-order valence-electron chi connectivity index (χ4n) is 4.52. The first-order chi connectivity index (χ1) is 21.0. The number of rotatable bonds is 9. The molecular weight excluding hydrogens is 675 g/mol. The second-order valence-corrected chi connectivity index (χ2v) is 11.7. The summed E-state index contributed by atoms with van der Waals surface area (Å²) >= 11 is 18.6. The molecule has 3 aromatic carbocycles. The van der Waals surface area contributed by atoms with Crippen LogP contribution in [-0.4, -0.2) is 34.8 Å². The summed E-state index contributed by atoms with van der Waals surface area (Å²) in [6.07, 6.45) is -6.02. The first-order valence-electron chi connectivity index (χ1n) is 13.0. The summed E-state index contributed by atoms with van der Waals surface area (Å²) in [5.74, 6) is -8.95. The van der Waals surface area contributed by atoms with Crippen molar-refractivity contribution >= 4 is 69.6 Å². The van der Waals surface area contributed by atoms with E-state index in [1.54, 1.807) is 6.92 Å². The minimum absolute atomic E-state index is 0.0168. The Bertz CT molecular complexity index is 1670. The van der Waals surface area contributed by atoms with Crippen LogP contribution in [0.5, 0.6) is 0 Å². The molecule has 3 N–H and O–H groups in total. The molecule has 1 saturated carbocycles. The van der Waals surface area contributed by atoms with Gasteiger partial charge in [-0.2, -0.15) is 13.2 Å². The minimum atomic E-state index is -5.00. The average molecular weight is 697 g/mol. The van der Waals surface area contributed by atoms with Crippen LogP contribution in [0.15, 0.2) is 48.5 Å². The summed E-state index contributed by atoms with van der Waals surface area (Å²) < 4.78 is 86.1. The Hall–Kier alpha value is -3.52. The number of anilines is 3. The normalized spacial score (nSPS) is 17.8. The number of ether oxygens (including phenoxy) is 1. The first-order valence-corrected chi connectivity index (χ1v) is 14.2. The highest BCUT2D eigenvalue weighted by molar-refractivity contribution is 6.53. The monoisotopic (exact) mass is 695 g/mol. The Morgan fingerprint density at radius 3 is 2.27 bits per heavy atom. The van der Waals surface area contributed by atoms with Gasteiger partial charge in [-0.1, -0.05) is 17.7 Å². The molecule has 0 radical (unpaired) electrons. The van der Waals surface area contributed by atoms with E-state index in [0.29, 0.717) is 12.1 Å². The van der Waals surface area contributed by atoms with E-state index in [-0.39, 0.29) is 28.4 Å². The quantitative estimate of drug-likeness (QED) is 0.157. The second-order valence-electron chi connectivity index (χ2n) is 9.88. The molecule has 0 heterocycles. The van der Waals surface area contributed by atoms with E-state index in [1.165, 1.54) is 19.1 Å². The molecule has 0 bridgehead atoms. The number of nitrogens with one attached hydrogen (secondary N) is 3. The van der Waals surface area contributed by atoms with Gasteiger partial charge in [-0.05, 0) is 61.9 Å². The standard InChI is InChI=1S/C29H22Cl3F6N3O4/c1-3-45-12(2)25(42)41-24-19(34)8-9-20(23(24)35)40-26(43)15-11-14(5-6-17(15)30)39-27(44)22-21(28(22,31)32)13-4-7-18(33)16(10-13)29(36,37)38/h4-12,21-22H,3H2,1-2H3,(H,39,44)(H,40,43)(H,41,42)/t12?,21-,22?/m0/s1. The van der Waals surface area contributed by atoms with Crippen molar-refractivity contribution in [1.82, 2.24) is 0 Å². The Morgan fingerprint density at radius 2 is 1.62 bits per heavy atom. The van der Waals surface area contributed by atoms with Gasteiger partial charge in [-0.3, -0.25) is 14.4 Å². The number of alkyl halides is 5. The van der Waals surface area contributed by atoms with Crippen LogP contribution in [0.4, 0.5) is 43.4 Å². The maximum absolute atomic E-state index is 15.1. The molecule has 3 amide bonds. The summed E-state index contributed by atoms with van der Waals surface area (Å²) in [6, 6.07) is 7.53. The number of amides is 3. The second kappa shape index (κ2) is 13.1. The number of carbonyl (C=O) groups excluding carboxylic acids is 3. The molecule has 1 aliphatic carbocycles. The zero-order valence-corrected chi connectivity index (χ0v) is 25.4. The highest BCUT2D eigenvalue weighted by Crippen LogP contribution is 2.65. The van der Waals surface area contributed by atoms with E-state index in [0.717, 1.165) is 24.3 Å². The van der Waals surface area contributed by atoms with Crippen LogP contribution in [0.2, 0.25) is 5.02 Å². The van der Waals surface area contributed by atoms with Crippen molar-refractivity contribution in [3.05, 3.63) is 87.7 Å². The third kappa shape index (κ3) is 7.32. The summed E-state index contributed by atoms with van der Waals surface area (Å²) in [5, 5.41) is 6.61. The molecule has 4 rings (SSSR count). The van der Waals surface area contributed by atoms with Crippen LogP contribution >= 0.6 is 34.8 Å². The van der Waals surface area contributed by atoms with Crippen molar-refractivity contribution in [2.75, 3.05) is 22.6 Å². The third-order valence-corrected chi connectivity index (χ3v) is 8.11. The zero-order valence-electron chi connectivity index (χ0n) is 23.1. The highest BCUT2D eigenvalue weighted by Gasteiger charge is 2.67. The largest absolute Gasteiger partial charge is 0.419 e. The summed E-state index contributed by atoms with van der Waals surface area (Å²) in [6.45, 7) is 3.18. The lowest BCUT2D eigenvalue weighted by molar-refractivity contribution is -0.140. The number of hydrogen-bond donors (Lipinski definition) is 3.